The predicted molar refractivity (Wildman–Crippen MR) is 115 cm³/mol. The van der Waals surface area contributed by atoms with E-state index >= 15 is 0 Å². The van der Waals surface area contributed by atoms with Gasteiger partial charge in [-0.25, -0.2) is 4.98 Å². The average Bonchev–Trinajstić information content (AvgIpc) is 3.21. The maximum absolute atomic E-state index is 9.94. The van der Waals surface area contributed by atoms with Crippen molar-refractivity contribution in [1.82, 2.24) is 15.3 Å². The molecule has 29 heavy (non-hydrogen) atoms. The summed E-state index contributed by atoms with van der Waals surface area (Å²) in [7, 11) is 0. The van der Waals surface area contributed by atoms with Crippen LogP contribution in [0.1, 0.15) is 22.9 Å². The van der Waals surface area contributed by atoms with Crippen molar-refractivity contribution in [2.75, 3.05) is 0 Å². The van der Waals surface area contributed by atoms with Gasteiger partial charge in [0.2, 0.25) is 0 Å². The third-order valence-corrected chi connectivity index (χ3v) is 4.67. The lowest BCUT2D eigenvalue weighted by molar-refractivity contribution is 0.840. The fourth-order valence-corrected chi connectivity index (χ4v) is 3.16. The van der Waals surface area contributed by atoms with E-state index < -0.39 is 5.92 Å². The molecule has 0 saturated heterocycles. The number of aromatic amines is 1. The predicted octanol–water partition coefficient (Wildman–Crippen LogP) is 4.56. The first kappa shape index (κ1) is 18.5. The van der Waals surface area contributed by atoms with Crippen LogP contribution in [0.3, 0.4) is 0 Å². The Hall–Kier alpha value is -3.91. The maximum Gasteiger partial charge on any atom is 0.161 e. The van der Waals surface area contributed by atoms with Crippen LogP contribution in [0, 0.1) is 11.3 Å². The van der Waals surface area contributed by atoms with Crippen LogP contribution < -0.4 is 5.32 Å². The van der Waals surface area contributed by atoms with Crippen molar-refractivity contribution in [2.45, 2.75) is 19.0 Å². The zero-order valence-electron chi connectivity index (χ0n) is 15.9. The second-order valence-electron chi connectivity index (χ2n) is 6.73. The summed E-state index contributed by atoms with van der Waals surface area (Å²) in [6.45, 7) is 1.09. The van der Waals surface area contributed by atoms with Crippen LogP contribution in [-0.4, -0.2) is 15.8 Å². The second-order valence-corrected chi connectivity index (χ2v) is 6.73. The molecule has 1 heterocycles. The lowest BCUT2D eigenvalue weighted by atomic mass is 10.1. The summed E-state index contributed by atoms with van der Waals surface area (Å²) >= 11 is 0. The van der Waals surface area contributed by atoms with E-state index in [9.17, 15) is 5.26 Å². The second kappa shape index (κ2) is 8.85. The number of nitriles is 1. The van der Waals surface area contributed by atoms with Crippen LogP contribution in [0.4, 0.5) is 0 Å². The number of fused-ring (bicyclic) bond motifs is 1. The highest BCUT2D eigenvalue weighted by Gasteiger charge is 2.22. The van der Waals surface area contributed by atoms with Crippen LogP contribution in [-0.2, 0) is 13.1 Å². The summed E-state index contributed by atoms with van der Waals surface area (Å²) in [5, 5.41) is 13.3. The molecule has 0 radical (unpaired) electrons. The van der Waals surface area contributed by atoms with E-state index in [1.165, 1.54) is 0 Å². The number of nitrogens with one attached hydrogen (secondary N) is 2. The maximum atomic E-state index is 9.94. The van der Waals surface area contributed by atoms with Gasteiger partial charge in [0.15, 0.2) is 5.92 Å². The number of nitrogens with zero attached hydrogens (tertiary/aromatic N) is 3. The minimum Gasteiger partial charge on any atom is -0.368 e. The van der Waals surface area contributed by atoms with Crippen LogP contribution >= 0.6 is 0 Å². The fourth-order valence-electron chi connectivity index (χ4n) is 3.16. The number of aromatic nitrogens is 2. The summed E-state index contributed by atoms with van der Waals surface area (Å²) in [4.78, 5) is 12.6. The van der Waals surface area contributed by atoms with E-state index in [1.54, 1.807) is 0 Å². The molecular weight excluding hydrogens is 358 g/mol. The molecule has 4 aromatic rings. The Morgan fingerprint density at radius 1 is 0.931 bits per heavy atom. The number of rotatable bonds is 6. The topological polar surface area (TPSA) is 76.9 Å². The number of H-pyrrole nitrogens is 1. The molecule has 1 aromatic heterocycles. The molecule has 5 heteroatoms. The highest BCUT2D eigenvalue weighted by Crippen LogP contribution is 2.19. The molecule has 0 saturated carbocycles. The number of aliphatic imine (C=N–C) groups is 1. The Morgan fingerprint density at radius 2 is 1.59 bits per heavy atom. The third-order valence-electron chi connectivity index (χ3n) is 4.67. The minimum absolute atomic E-state index is 0.496. The molecule has 0 aliphatic rings. The van der Waals surface area contributed by atoms with E-state index in [0.717, 1.165) is 22.2 Å². The highest BCUT2D eigenvalue weighted by molar-refractivity contribution is 5.91. The third kappa shape index (κ3) is 4.50. The molecule has 0 bridgehead atoms. The van der Waals surface area contributed by atoms with Crippen LogP contribution in [0.5, 0.6) is 0 Å². The zero-order valence-corrected chi connectivity index (χ0v) is 15.9. The van der Waals surface area contributed by atoms with Gasteiger partial charge in [-0.05, 0) is 23.3 Å². The molecule has 4 rings (SSSR count). The van der Waals surface area contributed by atoms with E-state index in [-0.39, 0.29) is 0 Å². The fraction of sp³-hybridized carbons (Fsp3) is 0.125. The molecule has 1 atom stereocenters. The number of imidazole rings is 1. The molecule has 142 valence electrons. The van der Waals surface area contributed by atoms with Crippen LogP contribution in [0.2, 0.25) is 0 Å². The van der Waals surface area contributed by atoms with Gasteiger partial charge >= 0.3 is 0 Å². The van der Waals surface area contributed by atoms with Crippen molar-refractivity contribution in [1.29, 1.82) is 5.26 Å². The summed E-state index contributed by atoms with van der Waals surface area (Å²) in [5.41, 5.74) is 3.97. The Morgan fingerprint density at radius 3 is 2.28 bits per heavy atom. The summed E-state index contributed by atoms with van der Waals surface area (Å²) < 4.78 is 0. The van der Waals surface area contributed by atoms with Gasteiger partial charge in [0.25, 0.3) is 0 Å². The molecule has 1 unspecified atom stereocenters. The molecule has 2 N–H and O–H groups in total. The minimum atomic E-state index is -0.602. The van der Waals surface area contributed by atoms with Crippen LogP contribution in [0.25, 0.3) is 11.0 Å². The molecule has 3 aromatic carbocycles. The average molecular weight is 379 g/mol. The molecule has 0 aliphatic carbocycles. The van der Waals surface area contributed by atoms with Gasteiger partial charge in [0.05, 0.1) is 23.6 Å². The molecule has 5 nitrogen and oxygen atoms in total. The lowest BCUT2D eigenvalue weighted by Crippen LogP contribution is -2.29. The van der Waals surface area contributed by atoms with Gasteiger partial charge in [-0.1, -0.05) is 72.8 Å². The Bertz CT molecular complexity index is 1110. The van der Waals surface area contributed by atoms with Gasteiger partial charge in [0, 0.05) is 6.54 Å². The van der Waals surface area contributed by atoms with Gasteiger partial charge < -0.3 is 10.3 Å². The lowest BCUT2D eigenvalue weighted by Gasteiger charge is -2.14. The first-order chi connectivity index (χ1) is 14.3. The number of hydrogen-bond donors (Lipinski definition) is 2. The Kier molecular flexibility index (Phi) is 5.63. The van der Waals surface area contributed by atoms with Crippen molar-refractivity contribution in [2.24, 2.45) is 4.99 Å². The van der Waals surface area contributed by atoms with Gasteiger partial charge in [-0.15, -0.1) is 0 Å². The summed E-state index contributed by atoms with van der Waals surface area (Å²) in [6.07, 6.45) is 0. The Labute approximate surface area is 169 Å². The number of para-hydroxylation sites is 2. The van der Waals surface area contributed by atoms with Crippen molar-refractivity contribution in [3.63, 3.8) is 0 Å². The van der Waals surface area contributed by atoms with E-state index in [1.807, 2.05) is 84.9 Å². The smallest absolute Gasteiger partial charge is 0.161 e. The standard InChI is InChI=1S/C24H21N5/c25-15-20(24-28-21-13-7-8-14-22(21)29-24)23(26-16-18-9-3-1-4-10-18)27-17-19-11-5-2-6-12-19/h1-14,20H,16-17H2,(H,26,27)(H,28,29). The van der Waals surface area contributed by atoms with Crippen LogP contribution in [0.15, 0.2) is 89.9 Å². The Balaban J connectivity index is 1.63. The van der Waals surface area contributed by atoms with E-state index in [4.69, 9.17) is 4.99 Å². The number of amidine groups is 1. The molecule has 0 aliphatic heterocycles. The quantitative estimate of drug-likeness (QED) is 0.381. The first-order valence-corrected chi connectivity index (χ1v) is 9.54. The van der Waals surface area contributed by atoms with Gasteiger partial charge in [-0.2, -0.15) is 5.26 Å². The molecule has 0 amide bonds. The molecular formula is C24H21N5. The van der Waals surface area contributed by atoms with Crippen molar-refractivity contribution in [3.05, 3.63) is 102 Å². The monoisotopic (exact) mass is 379 g/mol. The summed E-state index contributed by atoms with van der Waals surface area (Å²) in [5.74, 6) is 0.607. The van der Waals surface area contributed by atoms with E-state index in [2.05, 4.69) is 21.4 Å². The highest BCUT2D eigenvalue weighted by atomic mass is 15.0. The molecule has 0 spiro atoms. The van der Waals surface area contributed by atoms with Crippen molar-refractivity contribution in [3.8, 4) is 6.07 Å². The zero-order chi connectivity index (χ0) is 19.9. The summed E-state index contributed by atoms with van der Waals surface area (Å²) in [6, 6.07) is 30.2. The van der Waals surface area contributed by atoms with Crippen molar-refractivity contribution >= 4 is 16.9 Å². The van der Waals surface area contributed by atoms with Gasteiger partial charge in [-0.3, -0.25) is 4.99 Å². The first-order valence-electron chi connectivity index (χ1n) is 9.54. The normalized spacial score (nSPS) is 12.4. The molecule has 0 fully saturated rings. The van der Waals surface area contributed by atoms with E-state index in [0.29, 0.717) is 24.7 Å². The number of benzene rings is 3. The SMILES string of the molecule is N#CC(C(=NCc1ccccc1)NCc1ccccc1)c1nc2ccccc2[nH]1. The largest absolute Gasteiger partial charge is 0.368 e. The van der Waals surface area contributed by atoms with Crippen molar-refractivity contribution < 1.29 is 0 Å². The van der Waals surface area contributed by atoms with Gasteiger partial charge in [0.1, 0.15) is 11.7 Å². The number of hydrogen-bond acceptors (Lipinski definition) is 3.